The molecule has 4 heterocycles. The molecule has 9 nitrogen and oxygen atoms in total. The van der Waals surface area contributed by atoms with Crippen molar-refractivity contribution in [2.45, 2.75) is 19.4 Å². The molecule has 0 saturated carbocycles. The zero-order valence-corrected chi connectivity index (χ0v) is 19.5. The van der Waals surface area contributed by atoms with Gasteiger partial charge in [-0.25, -0.2) is 4.39 Å². The minimum Gasteiger partial charge on any atom is -0.377 e. The Bertz CT molecular complexity index is 1400. The Hall–Kier alpha value is -3.91. The number of aryl methyl sites for hydroxylation is 1. The average Bonchev–Trinajstić information content (AvgIpc) is 3.40. The molecule has 0 saturated heterocycles. The van der Waals surface area contributed by atoms with Gasteiger partial charge in [0.15, 0.2) is 0 Å². The van der Waals surface area contributed by atoms with E-state index in [1.54, 1.807) is 13.0 Å². The van der Waals surface area contributed by atoms with Crippen molar-refractivity contribution in [1.29, 1.82) is 5.26 Å². The molecule has 5 rings (SSSR count). The number of anilines is 3. The van der Waals surface area contributed by atoms with Crippen LogP contribution in [0.5, 0.6) is 0 Å². The third-order valence-electron chi connectivity index (χ3n) is 5.84. The number of nitriles is 1. The van der Waals surface area contributed by atoms with Crippen molar-refractivity contribution < 1.29 is 9.13 Å². The summed E-state index contributed by atoms with van der Waals surface area (Å²) in [5.41, 5.74) is 13.7. The van der Waals surface area contributed by atoms with Gasteiger partial charge in [-0.1, -0.05) is 17.7 Å². The van der Waals surface area contributed by atoms with Gasteiger partial charge in [-0.05, 0) is 31.1 Å². The second-order valence-electron chi connectivity index (χ2n) is 8.10. The van der Waals surface area contributed by atoms with E-state index < -0.39 is 5.82 Å². The van der Waals surface area contributed by atoms with E-state index in [4.69, 9.17) is 16.3 Å². The summed E-state index contributed by atoms with van der Waals surface area (Å²) in [7, 11) is 0. The van der Waals surface area contributed by atoms with Gasteiger partial charge >= 0.3 is 0 Å². The maximum atomic E-state index is 14.1. The van der Waals surface area contributed by atoms with Crippen molar-refractivity contribution in [1.82, 2.24) is 26.4 Å². The van der Waals surface area contributed by atoms with E-state index in [9.17, 15) is 9.65 Å². The van der Waals surface area contributed by atoms with E-state index in [0.717, 1.165) is 17.8 Å². The van der Waals surface area contributed by atoms with Gasteiger partial charge in [0, 0.05) is 29.5 Å². The number of nitrogens with one attached hydrogen (secondary N) is 5. The molecule has 3 aromatic rings. The van der Waals surface area contributed by atoms with Crippen molar-refractivity contribution in [3.63, 3.8) is 0 Å². The van der Waals surface area contributed by atoms with Crippen LogP contribution in [0.1, 0.15) is 17.7 Å². The van der Waals surface area contributed by atoms with Gasteiger partial charge in [-0.3, -0.25) is 9.97 Å². The molecule has 0 fully saturated rings. The molecule has 0 spiro atoms. The zero-order valence-electron chi connectivity index (χ0n) is 18.7. The fourth-order valence-corrected chi connectivity index (χ4v) is 4.30. The molecular formula is C24H22ClFN8O. The number of nitrogens with zero attached hydrogens (tertiary/aromatic N) is 3. The van der Waals surface area contributed by atoms with Crippen LogP contribution in [-0.4, -0.2) is 29.2 Å². The van der Waals surface area contributed by atoms with Gasteiger partial charge in [0.2, 0.25) is 0 Å². The highest BCUT2D eigenvalue weighted by Gasteiger charge is 2.24. The van der Waals surface area contributed by atoms with Crippen molar-refractivity contribution in [2.75, 3.05) is 23.8 Å². The summed E-state index contributed by atoms with van der Waals surface area (Å²) >= 11 is 6.63. The maximum absolute atomic E-state index is 14.1. The van der Waals surface area contributed by atoms with Gasteiger partial charge in [0.05, 0.1) is 64.3 Å². The summed E-state index contributed by atoms with van der Waals surface area (Å²) in [6, 6.07) is 6.98. The third kappa shape index (κ3) is 4.70. The molecule has 178 valence electrons. The quantitative estimate of drug-likeness (QED) is 0.326. The Labute approximate surface area is 206 Å². The van der Waals surface area contributed by atoms with E-state index in [0.29, 0.717) is 46.1 Å². The maximum Gasteiger partial charge on any atom is 0.146 e. The Morgan fingerprint density at radius 1 is 1.23 bits per heavy atom. The molecule has 0 bridgehead atoms. The number of benzene rings is 1. The van der Waals surface area contributed by atoms with E-state index >= 15 is 0 Å². The number of ether oxygens (including phenoxy) is 1. The highest BCUT2D eigenvalue weighted by molar-refractivity contribution is 6.36. The highest BCUT2D eigenvalue weighted by atomic mass is 35.5. The first-order valence-corrected chi connectivity index (χ1v) is 11.3. The first-order valence-electron chi connectivity index (χ1n) is 10.9. The first kappa shape index (κ1) is 22.9. The lowest BCUT2D eigenvalue weighted by Crippen LogP contribution is -2.38. The Morgan fingerprint density at radius 2 is 2.11 bits per heavy atom. The van der Waals surface area contributed by atoms with E-state index in [1.165, 1.54) is 24.0 Å². The summed E-state index contributed by atoms with van der Waals surface area (Å²) in [6.07, 6.45) is 7.64. The molecule has 35 heavy (non-hydrogen) atoms. The summed E-state index contributed by atoms with van der Waals surface area (Å²) in [6.45, 7) is 2.77. The van der Waals surface area contributed by atoms with Crippen LogP contribution in [0, 0.1) is 24.1 Å². The van der Waals surface area contributed by atoms with Gasteiger partial charge in [-0.15, -0.1) is 0 Å². The molecule has 1 atom stereocenters. The predicted molar refractivity (Wildman–Crippen MR) is 132 cm³/mol. The number of aromatic nitrogens is 2. The van der Waals surface area contributed by atoms with Crippen LogP contribution in [0.15, 0.2) is 54.1 Å². The standard InChI is InChI=1S/C24H22ClFN8O/c1-13-20(26)8-17(11-28-13)32-22-15(9-27)10-29-24-18(22)6-16(7-19(24)25)31-23(21-12-30-34-33-21)14-2-4-35-5-3-14/h2,6-8,10-12,23,30-31,33-34H,3-5H2,1H3,(H,29,32)/t23-/m0/s1. The number of rotatable bonds is 6. The van der Waals surface area contributed by atoms with Gasteiger partial charge in [-0.2, -0.15) is 10.8 Å². The van der Waals surface area contributed by atoms with Gasteiger partial charge in [0.1, 0.15) is 11.9 Å². The van der Waals surface area contributed by atoms with Gasteiger partial charge < -0.3 is 26.2 Å². The smallest absolute Gasteiger partial charge is 0.146 e. The summed E-state index contributed by atoms with van der Waals surface area (Å²) < 4.78 is 19.6. The van der Waals surface area contributed by atoms with Crippen LogP contribution in [0.2, 0.25) is 5.02 Å². The number of halogens is 2. The molecule has 0 radical (unpaired) electrons. The molecule has 0 aliphatic carbocycles. The molecule has 0 amide bonds. The number of hydrogen-bond donors (Lipinski definition) is 5. The van der Waals surface area contributed by atoms with Crippen LogP contribution >= 0.6 is 11.6 Å². The lowest BCUT2D eigenvalue weighted by Gasteiger charge is -2.26. The normalized spacial score (nSPS) is 15.9. The minimum atomic E-state index is -0.445. The summed E-state index contributed by atoms with van der Waals surface area (Å²) in [4.78, 5) is 8.45. The monoisotopic (exact) mass is 492 g/mol. The Kier molecular flexibility index (Phi) is 6.37. The summed E-state index contributed by atoms with van der Waals surface area (Å²) in [5.74, 6) is -0.445. The zero-order chi connectivity index (χ0) is 24.4. The van der Waals surface area contributed by atoms with Crippen LogP contribution in [0.4, 0.5) is 21.5 Å². The number of pyridine rings is 2. The highest BCUT2D eigenvalue weighted by Crippen LogP contribution is 2.36. The minimum absolute atomic E-state index is 0.172. The van der Waals surface area contributed by atoms with Crippen molar-refractivity contribution in [2.24, 2.45) is 0 Å². The molecule has 5 N–H and O–H groups in total. The molecule has 1 aromatic carbocycles. The second kappa shape index (κ2) is 9.76. The fraction of sp³-hybridized carbons (Fsp3) is 0.208. The third-order valence-corrected chi connectivity index (χ3v) is 6.13. The van der Waals surface area contributed by atoms with Gasteiger partial charge in [0.25, 0.3) is 0 Å². The molecule has 2 aromatic heterocycles. The van der Waals surface area contributed by atoms with Crippen molar-refractivity contribution in [3.05, 3.63) is 76.2 Å². The SMILES string of the molecule is Cc1ncc(Nc2c(C#N)cnc3c(Cl)cc(N[C@@H](C4=CCOCC4)C4=CNNN4)cc23)cc1F. The summed E-state index contributed by atoms with van der Waals surface area (Å²) in [5, 5.41) is 17.4. The van der Waals surface area contributed by atoms with Crippen LogP contribution in [0.3, 0.4) is 0 Å². The second-order valence-corrected chi connectivity index (χ2v) is 8.51. The van der Waals surface area contributed by atoms with E-state index in [2.05, 4.69) is 49.1 Å². The molecule has 2 aliphatic rings. The van der Waals surface area contributed by atoms with Crippen LogP contribution < -0.4 is 27.0 Å². The first-order chi connectivity index (χ1) is 17.0. The Balaban J connectivity index is 1.58. The molecular weight excluding hydrogens is 471 g/mol. The molecule has 11 heteroatoms. The van der Waals surface area contributed by atoms with Crippen molar-refractivity contribution in [3.8, 4) is 6.07 Å². The predicted octanol–water partition coefficient (Wildman–Crippen LogP) is 3.93. The van der Waals surface area contributed by atoms with E-state index in [-0.39, 0.29) is 11.7 Å². The lowest BCUT2D eigenvalue weighted by molar-refractivity contribution is 0.153. The number of hydrogen-bond acceptors (Lipinski definition) is 9. The van der Waals surface area contributed by atoms with Crippen LogP contribution in [0.25, 0.3) is 10.9 Å². The molecule has 0 unspecified atom stereocenters. The molecule has 2 aliphatic heterocycles. The van der Waals surface area contributed by atoms with Crippen LogP contribution in [-0.2, 0) is 4.74 Å². The largest absolute Gasteiger partial charge is 0.377 e. The lowest BCUT2D eigenvalue weighted by atomic mass is 9.99. The average molecular weight is 493 g/mol. The fourth-order valence-electron chi connectivity index (χ4n) is 4.04. The number of hydrazine groups is 2. The van der Waals surface area contributed by atoms with E-state index in [1.807, 2.05) is 12.3 Å². The van der Waals surface area contributed by atoms with Crippen molar-refractivity contribution >= 4 is 39.6 Å². The Morgan fingerprint density at radius 3 is 2.83 bits per heavy atom. The number of fused-ring (bicyclic) bond motifs is 1. The topological polar surface area (TPSA) is 119 Å².